The van der Waals surface area contributed by atoms with Crippen molar-refractivity contribution in [3.63, 3.8) is 0 Å². The summed E-state index contributed by atoms with van der Waals surface area (Å²) in [5.41, 5.74) is 1.40. The van der Waals surface area contributed by atoms with Crippen LogP contribution in [-0.4, -0.2) is 23.5 Å². The maximum Gasteiger partial charge on any atom is 0.338 e. The number of anilines is 3. The molecule has 0 radical (unpaired) electrons. The van der Waals surface area contributed by atoms with Crippen molar-refractivity contribution in [3.05, 3.63) is 83.7 Å². The van der Waals surface area contributed by atoms with Gasteiger partial charge in [-0.05, 0) is 55.5 Å². The van der Waals surface area contributed by atoms with Crippen LogP contribution in [0.1, 0.15) is 27.8 Å². The summed E-state index contributed by atoms with van der Waals surface area (Å²) in [6.45, 7) is 1.99. The lowest BCUT2D eigenvalue weighted by molar-refractivity contribution is 0.0526. The van der Waals surface area contributed by atoms with Gasteiger partial charge in [-0.3, -0.25) is 9.78 Å². The molecule has 0 aliphatic heterocycles. The first-order valence-electron chi connectivity index (χ1n) is 8.73. The Morgan fingerprint density at radius 3 is 2.45 bits per heavy atom. The highest BCUT2D eigenvalue weighted by Gasteiger charge is 2.11. The van der Waals surface area contributed by atoms with Crippen LogP contribution >= 0.6 is 0 Å². The van der Waals surface area contributed by atoms with Gasteiger partial charge in [-0.25, -0.2) is 13.6 Å². The maximum atomic E-state index is 13.8. The Bertz CT molecular complexity index is 1040. The Morgan fingerprint density at radius 2 is 1.76 bits per heavy atom. The number of pyridine rings is 1. The molecular weight excluding hydrogens is 380 g/mol. The van der Waals surface area contributed by atoms with Crippen molar-refractivity contribution < 1.29 is 23.1 Å². The van der Waals surface area contributed by atoms with Crippen LogP contribution in [0.25, 0.3) is 0 Å². The molecule has 2 N–H and O–H groups in total. The molecule has 8 heteroatoms. The number of benzene rings is 2. The molecule has 0 saturated heterocycles. The first kappa shape index (κ1) is 19.9. The molecular formula is C21H17F2N3O3. The SMILES string of the molecule is CCOC(=O)c1ccc(NC(=O)c2cc(Nc3ccc(F)cc3F)ccn2)cc1. The van der Waals surface area contributed by atoms with Gasteiger partial charge in [-0.15, -0.1) is 0 Å². The second kappa shape index (κ2) is 8.92. The van der Waals surface area contributed by atoms with Crippen LogP contribution in [0.5, 0.6) is 0 Å². The van der Waals surface area contributed by atoms with Crippen molar-refractivity contribution >= 4 is 28.9 Å². The molecule has 0 unspecified atom stereocenters. The third-order valence-corrected chi connectivity index (χ3v) is 3.86. The highest BCUT2D eigenvalue weighted by Crippen LogP contribution is 2.21. The molecule has 29 heavy (non-hydrogen) atoms. The molecule has 6 nitrogen and oxygen atoms in total. The van der Waals surface area contributed by atoms with Crippen LogP contribution in [0.2, 0.25) is 0 Å². The summed E-state index contributed by atoms with van der Waals surface area (Å²) >= 11 is 0. The number of aromatic nitrogens is 1. The minimum Gasteiger partial charge on any atom is -0.462 e. The van der Waals surface area contributed by atoms with Gasteiger partial charge in [0.2, 0.25) is 0 Å². The van der Waals surface area contributed by atoms with Crippen LogP contribution in [0.4, 0.5) is 25.8 Å². The predicted molar refractivity (Wildman–Crippen MR) is 104 cm³/mol. The number of ether oxygens (including phenoxy) is 1. The zero-order valence-electron chi connectivity index (χ0n) is 15.4. The number of halogens is 2. The lowest BCUT2D eigenvalue weighted by Crippen LogP contribution is -2.14. The standard InChI is InChI=1S/C21H17F2N3O3/c1-2-29-21(28)13-3-6-15(7-4-13)26-20(27)19-12-16(9-10-24-19)25-18-8-5-14(22)11-17(18)23/h3-12H,2H2,1H3,(H,24,25)(H,26,27). The average Bonchev–Trinajstić information content (AvgIpc) is 2.71. The van der Waals surface area contributed by atoms with Crippen molar-refractivity contribution in [2.24, 2.45) is 0 Å². The largest absolute Gasteiger partial charge is 0.462 e. The molecule has 0 aliphatic rings. The van der Waals surface area contributed by atoms with Gasteiger partial charge in [-0.1, -0.05) is 0 Å². The Morgan fingerprint density at radius 1 is 1.00 bits per heavy atom. The zero-order chi connectivity index (χ0) is 20.8. The van der Waals surface area contributed by atoms with Gasteiger partial charge >= 0.3 is 5.97 Å². The smallest absolute Gasteiger partial charge is 0.338 e. The number of hydrogen-bond donors (Lipinski definition) is 2. The van der Waals surface area contributed by atoms with Crippen molar-refractivity contribution in [1.82, 2.24) is 4.98 Å². The summed E-state index contributed by atoms with van der Waals surface area (Å²) in [5, 5.41) is 5.44. The summed E-state index contributed by atoms with van der Waals surface area (Å²) in [5.74, 6) is -2.37. The van der Waals surface area contributed by atoms with Crippen LogP contribution in [0.3, 0.4) is 0 Å². The Kier molecular flexibility index (Phi) is 6.13. The van der Waals surface area contributed by atoms with Crippen molar-refractivity contribution in [2.45, 2.75) is 6.92 Å². The lowest BCUT2D eigenvalue weighted by Gasteiger charge is -2.10. The van der Waals surface area contributed by atoms with Gasteiger partial charge in [0, 0.05) is 23.6 Å². The van der Waals surface area contributed by atoms with Crippen LogP contribution in [-0.2, 0) is 4.74 Å². The van der Waals surface area contributed by atoms with Crippen LogP contribution < -0.4 is 10.6 Å². The summed E-state index contributed by atoms with van der Waals surface area (Å²) in [7, 11) is 0. The third-order valence-electron chi connectivity index (χ3n) is 3.86. The molecule has 0 bridgehead atoms. The molecule has 0 aliphatic carbocycles. The molecule has 1 amide bonds. The molecule has 0 saturated carbocycles. The van der Waals surface area contributed by atoms with Crippen LogP contribution in [0, 0.1) is 11.6 Å². The number of nitrogens with one attached hydrogen (secondary N) is 2. The van der Waals surface area contributed by atoms with Crippen molar-refractivity contribution in [3.8, 4) is 0 Å². The maximum absolute atomic E-state index is 13.8. The molecule has 3 rings (SSSR count). The second-order valence-electron chi connectivity index (χ2n) is 5.93. The highest BCUT2D eigenvalue weighted by molar-refractivity contribution is 6.03. The number of esters is 1. The van der Waals surface area contributed by atoms with E-state index in [-0.39, 0.29) is 18.0 Å². The zero-order valence-corrected chi connectivity index (χ0v) is 15.4. The van der Waals surface area contributed by atoms with Gasteiger partial charge < -0.3 is 15.4 Å². The van der Waals surface area contributed by atoms with E-state index in [1.165, 1.54) is 30.5 Å². The first-order valence-corrected chi connectivity index (χ1v) is 8.73. The van der Waals surface area contributed by atoms with E-state index in [2.05, 4.69) is 15.6 Å². The molecule has 3 aromatic rings. The second-order valence-corrected chi connectivity index (χ2v) is 5.93. The number of nitrogens with zero attached hydrogens (tertiary/aromatic N) is 1. The number of carbonyl (C=O) groups is 2. The monoisotopic (exact) mass is 397 g/mol. The molecule has 2 aromatic carbocycles. The van der Waals surface area contributed by atoms with E-state index in [0.717, 1.165) is 12.1 Å². The van der Waals surface area contributed by atoms with Crippen LogP contribution in [0.15, 0.2) is 60.8 Å². The number of carbonyl (C=O) groups excluding carboxylic acids is 2. The van der Waals surface area contributed by atoms with E-state index in [9.17, 15) is 18.4 Å². The van der Waals surface area contributed by atoms with E-state index in [4.69, 9.17) is 4.74 Å². The topological polar surface area (TPSA) is 80.3 Å². The van der Waals surface area contributed by atoms with Gasteiger partial charge in [0.15, 0.2) is 0 Å². The predicted octanol–water partition coefficient (Wildman–Crippen LogP) is 4.53. The third kappa shape index (κ3) is 5.13. The van der Waals surface area contributed by atoms with E-state index in [1.54, 1.807) is 25.1 Å². The van der Waals surface area contributed by atoms with Crippen molar-refractivity contribution in [1.29, 1.82) is 0 Å². The number of amides is 1. The van der Waals surface area contributed by atoms with Gasteiger partial charge in [-0.2, -0.15) is 0 Å². The van der Waals surface area contributed by atoms with E-state index >= 15 is 0 Å². The molecule has 0 atom stereocenters. The fourth-order valence-corrected chi connectivity index (χ4v) is 2.48. The van der Waals surface area contributed by atoms with Gasteiger partial charge in [0.05, 0.1) is 17.9 Å². The minimum absolute atomic E-state index is 0.0681. The quantitative estimate of drug-likeness (QED) is 0.598. The Balaban J connectivity index is 1.70. The fraction of sp³-hybridized carbons (Fsp3) is 0.0952. The van der Waals surface area contributed by atoms with Gasteiger partial charge in [0.25, 0.3) is 5.91 Å². The number of rotatable bonds is 6. The molecule has 0 fully saturated rings. The fourth-order valence-electron chi connectivity index (χ4n) is 2.48. The minimum atomic E-state index is -0.755. The van der Waals surface area contributed by atoms with Gasteiger partial charge in [0.1, 0.15) is 17.3 Å². The highest BCUT2D eigenvalue weighted by atomic mass is 19.1. The molecule has 1 heterocycles. The van der Waals surface area contributed by atoms with E-state index in [1.807, 2.05) is 0 Å². The first-order chi connectivity index (χ1) is 14.0. The molecule has 0 spiro atoms. The molecule has 148 valence electrons. The summed E-state index contributed by atoms with van der Waals surface area (Å²) in [6, 6.07) is 12.3. The van der Waals surface area contributed by atoms with E-state index in [0.29, 0.717) is 16.9 Å². The summed E-state index contributed by atoms with van der Waals surface area (Å²) < 4.78 is 31.7. The lowest BCUT2D eigenvalue weighted by atomic mass is 10.2. The summed E-state index contributed by atoms with van der Waals surface area (Å²) in [6.07, 6.45) is 1.39. The van der Waals surface area contributed by atoms with E-state index < -0.39 is 23.5 Å². The summed E-state index contributed by atoms with van der Waals surface area (Å²) in [4.78, 5) is 28.1. The van der Waals surface area contributed by atoms with Crippen molar-refractivity contribution in [2.75, 3.05) is 17.2 Å². The Hall–Kier alpha value is -3.81. The number of hydrogen-bond acceptors (Lipinski definition) is 5. The molecule has 1 aromatic heterocycles. The average molecular weight is 397 g/mol. The Labute approximate surface area is 165 Å². The normalized spacial score (nSPS) is 10.3.